The minimum absolute atomic E-state index is 0.440. The van der Waals surface area contributed by atoms with Crippen LogP contribution in [0.2, 0.25) is 0 Å². The molecule has 5 heteroatoms. The van der Waals surface area contributed by atoms with Crippen LogP contribution in [0.5, 0.6) is 0 Å². The molecule has 0 amide bonds. The molecule has 0 bridgehead atoms. The van der Waals surface area contributed by atoms with Crippen molar-refractivity contribution in [3.05, 3.63) is 42.4 Å². The highest BCUT2D eigenvalue weighted by Crippen LogP contribution is 2.26. The molecule has 3 heterocycles. The summed E-state index contributed by atoms with van der Waals surface area (Å²) in [6.45, 7) is 7.81. The van der Waals surface area contributed by atoms with Crippen molar-refractivity contribution >= 4 is 0 Å². The summed E-state index contributed by atoms with van der Waals surface area (Å²) < 4.78 is 7.68. The number of furan rings is 1. The maximum Gasteiger partial charge on any atom is 0.107 e. The second-order valence-corrected chi connectivity index (χ2v) is 6.94. The van der Waals surface area contributed by atoms with Gasteiger partial charge in [0.15, 0.2) is 0 Å². The summed E-state index contributed by atoms with van der Waals surface area (Å²) >= 11 is 0. The van der Waals surface area contributed by atoms with Gasteiger partial charge in [0.25, 0.3) is 0 Å². The standard InChI is InChI=1S/C18H27N3O2/c1-15(17-4-3-16(2)23-17)5-9-20-10-6-18(22,7-11-20)13-21-12-8-19-14-21/h3-4,8,12,14-15,22H,5-7,9-11,13H2,1-2H3/t15-/m0/s1. The van der Waals surface area contributed by atoms with E-state index in [4.69, 9.17) is 4.42 Å². The van der Waals surface area contributed by atoms with E-state index < -0.39 is 5.60 Å². The Bertz CT molecular complexity index is 598. The molecule has 126 valence electrons. The van der Waals surface area contributed by atoms with E-state index in [1.165, 1.54) is 0 Å². The highest BCUT2D eigenvalue weighted by Gasteiger charge is 2.32. The van der Waals surface area contributed by atoms with E-state index in [0.29, 0.717) is 12.5 Å². The first-order chi connectivity index (χ1) is 11.0. The van der Waals surface area contributed by atoms with Gasteiger partial charge in [-0.1, -0.05) is 6.92 Å². The number of rotatable bonds is 6. The zero-order valence-corrected chi connectivity index (χ0v) is 14.1. The van der Waals surface area contributed by atoms with E-state index in [1.54, 1.807) is 12.5 Å². The Morgan fingerprint density at radius 1 is 1.35 bits per heavy atom. The SMILES string of the molecule is Cc1ccc([C@@H](C)CCN2CCC(O)(Cn3ccnc3)CC2)o1. The molecular weight excluding hydrogens is 290 g/mol. The number of aromatic nitrogens is 2. The van der Waals surface area contributed by atoms with Gasteiger partial charge in [-0.25, -0.2) is 4.98 Å². The van der Waals surface area contributed by atoms with Crippen molar-refractivity contribution in [1.29, 1.82) is 0 Å². The van der Waals surface area contributed by atoms with E-state index in [9.17, 15) is 5.11 Å². The molecule has 1 fully saturated rings. The molecule has 1 saturated heterocycles. The first-order valence-electron chi connectivity index (χ1n) is 8.51. The Morgan fingerprint density at radius 2 is 2.13 bits per heavy atom. The van der Waals surface area contributed by atoms with Crippen molar-refractivity contribution < 1.29 is 9.52 Å². The van der Waals surface area contributed by atoms with Gasteiger partial charge in [0.2, 0.25) is 0 Å². The van der Waals surface area contributed by atoms with Crippen LogP contribution in [0.4, 0.5) is 0 Å². The Labute approximate surface area is 137 Å². The molecule has 1 aliphatic heterocycles. The van der Waals surface area contributed by atoms with Crippen molar-refractivity contribution in [2.45, 2.75) is 51.2 Å². The lowest BCUT2D eigenvalue weighted by Crippen LogP contribution is -2.47. The maximum absolute atomic E-state index is 10.7. The van der Waals surface area contributed by atoms with Crippen molar-refractivity contribution in [3.63, 3.8) is 0 Å². The Morgan fingerprint density at radius 3 is 2.74 bits per heavy atom. The van der Waals surface area contributed by atoms with Crippen LogP contribution in [-0.4, -0.2) is 44.8 Å². The molecule has 1 atom stereocenters. The highest BCUT2D eigenvalue weighted by molar-refractivity contribution is 5.09. The van der Waals surface area contributed by atoms with Gasteiger partial charge < -0.3 is 19.0 Å². The molecule has 0 spiro atoms. The van der Waals surface area contributed by atoms with Gasteiger partial charge in [-0.05, 0) is 44.9 Å². The topological polar surface area (TPSA) is 54.4 Å². The Hall–Kier alpha value is -1.59. The van der Waals surface area contributed by atoms with Crippen molar-refractivity contribution in [2.75, 3.05) is 19.6 Å². The first-order valence-corrected chi connectivity index (χ1v) is 8.51. The predicted molar refractivity (Wildman–Crippen MR) is 89.3 cm³/mol. The fourth-order valence-corrected chi connectivity index (χ4v) is 3.31. The molecule has 2 aromatic heterocycles. The quantitative estimate of drug-likeness (QED) is 0.890. The van der Waals surface area contributed by atoms with Crippen molar-refractivity contribution in [3.8, 4) is 0 Å². The summed E-state index contributed by atoms with van der Waals surface area (Å²) in [5, 5.41) is 10.7. The number of likely N-dealkylation sites (tertiary alicyclic amines) is 1. The number of aryl methyl sites for hydroxylation is 1. The lowest BCUT2D eigenvalue weighted by Gasteiger charge is -2.38. The summed E-state index contributed by atoms with van der Waals surface area (Å²) in [4.78, 5) is 6.50. The molecule has 0 aromatic carbocycles. The summed E-state index contributed by atoms with van der Waals surface area (Å²) in [5.41, 5.74) is -0.596. The molecule has 3 rings (SSSR count). The molecule has 5 nitrogen and oxygen atoms in total. The van der Waals surface area contributed by atoms with Crippen molar-refractivity contribution in [2.24, 2.45) is 0 Å². The zero-order chi connectivity index (χ0) is 16.3. The Kier molecular flexibility index (Phi) is 4.87. The molecule has 1 N–H and O–H groups in total. The second kappa shape index (κ2) is 6.89. The summed E-state index contributed by atoms with van der Waals surface area (Å²) in [7, 11) is 0. The number of hydrogen-bond donors (Lipinski definition) is 1. The number of imidazole rings is 1. The first kappa shape index (κ1) is 16.3. The van der Waals surface area contributed by atoms with Crippen LogP contribution in [0.25, 0.3) is 0 Å². The zero-order valence-electron chi connectivity index (χ0n) is 14.1. The van der Waals surface area contributed by atoms with Crippen LogP contribution in [0.1, 0.15) is 43.6 Å². The minimum atomic E-state index is -0.596. The van der Waals surface area contributed by atoms with E-state index >= 15 is 0 Å². The van der Waals surface area contributed by atoms with Crippen LogP contribution in [-0.2, 0) is 6.54 Å². The molecular formula is C18H27N3O2. The monoisotopic (exact) mass is 317 g/mol. The Balaban J connectivity index is 1.44. The van der Waals surface area contributed by atoms with E-state index in [-0.39, 0.29) is 0 Å². The van der Waals surface area contributed by atoms with Crippen LogP contribution in [0, 0.1) is 6.92 Å². The lowest BCUT2D eigenvalue weighted by atomic mass is 9.91. The summed E-state index contributed by atoms with van der Waals surface area (Å²) in [5.74, 6) is 2.50. The van der Waals surface area contributed by atoms with Gasteiger partial charge in [-0.15, -0.1) is 0 Å². The molecule has 0 radical (unpaired) electrons. The molecule has 2 aromatic rings. The maximum atomic E-state index is 10.7. The van der Waals surface area contributed by atoms with Gasteiger partial charge in [0.05, 0.1) is 18.5 Å². The lowest BCUT2D eigenvalue weighted by molar-refractivity contribution is -0.0344. The van der Waals surface area contributed by atoms with E-state index in [2.05, 4.69) is 22.9 Å². The molecule has 0 aliphatic carbocycles. The van der Waals surface area contributed by atoms with Crippen LogP contribution >= 0.6 is 0 Å². The second-order valence-electron chi connectivity index (χ2n) is 6.94. The average Bonchev–Trinajstić information content (AvgIpc) is 3.18. The smallest absolute Gasteiger partial charge is 0.107 e. The van der Waals surface area contributed by atoms with Crippen LogP contribution in [0.15, 0.2) is 35.3 Å². The van der Waals surface area contributed by atoms with Gasteiger partial charge in [0, 0.05) is 31.4 Å². The van der Waals surface area contributed by atoms with Crippen LogP contribution < -0.4 is 0 Å². The fraction of sp³-hybridized carbons (Fsp3) is 0.611. The third-order valence-electron chi connectivity index (χ3n) is 4.95. The van der Waals surface area contributed by atoms with Gasteiger partial charge in [-0.3, -0.25) is 0 Å². The molecule has 0 saturated carbocycles. The number of nitrogens with zero attached hydrogens (tertiary/aromatic N) is 3. The normalized spacial score (nSPS) is 19.8. The number of aliphatic hydroxyl groups is 1. The van der Waals surface area contributed by atoms with E-state index in [1.807, 2.05) is 23.8 Å². The number of hydrogen-bond acceptors (Lipinski definition) is 4. The largest absolute Gasteiger partial charge is 0.466 e. The fourth-order valence-electron chi connectivity index (χ4n) is 3.31. The average molecular weight is 317 g/mol. The molecule has 23 heavy (non-hydrogen) atoms. The molecule has 1 aliphatic rings. The summed E-state index contributed by atoms with van der Waals surface area (Å²) in [6, 6.07) is 4.11. The molecule has 0 unspecified atom stereocenters. The highest BCUT2D eigenvalue weighted by atomic mass is 16.3. The van der Waals surface area contributed by atoms with Crippen LogP contribution in [0.3, 0.4) is 0 Å². The third kappa shape index (κ3) is 4.24. The third-order valence-corrected chi connectivity index (χ3v) is 4.95. The predicted octanol–water partition coefficient (Wildman–Crippen LogP) is 2.81. The van der Waals surface area contributed by atoms with Gasteiger partial charge in [-0.2, -0.15) is 0 Å². The summed E-state index contributed by atoms with van der Waals surface area (Å²) in [6.07, 6.45) is 8.18. The van der Waals surface area contributed by atoms with Crippen molar-refractivity contribution in [1.82, 2.24) is 14.5 Å². The van der Waals surface area contributed by atoms with Gasteiger partial charge in [0.1, 0.15) is 11.5 Å². The van der Waals surface area contributed by atoms with Gasteiger partial charge >= 0.3 is 0 Å². The number of piperidine rings is 1. The minimum Gasteiger partial charge on any atom is -0.466 e. The van der Waals surface area contributed by atoms with E-state index in [0.717, 1.165) is 50.4 Å².